The number of carboxylic acids is 1. The molecular formula is C15H15ClN2O4. The van der Waals surface area contributed by atoms with E-state index in [1.54, 1.807) is 26.3 Å². The van der Waals surface area contributed by atoms with Gasteiger partial charge in [-0.05, 0) is 31.0 Å². The van der Waals surface area contributed by atoms with Crippen LogP contribution in [-0.4, -0.2) is 34.1 Å². The van der Waals surface area contributed by atoms with Crippen LogP contribution in [0, 0.1) is 0 Å². The fourth-order valence-electron chi connectivity index (χ4n) is 2.18. The van der Waals surface area contributed by atoms with Gasteiger partial charge in [-0.15, -0.1) is 0 Å². The Morgan fingerprint density at radius 1 is 1.41 bits per heavy atom. The first-order valence-electron chi connectivity index (χ1n) is 6.81. The van der Waals surface area contributed by atoms with Crippen molar-refractivity contribution in [3.8, 4) is 22.8 Å². The van der Waals surface area contributed by atoms with Crippen LogP contribution in [0.15, 0.2) is 18.2 Å². The minimum Gasteiger partial charge on any atom is -0.493 e. The van der Waals surface area contributed by atoms with Crippen molar-refractivity contribution in [1.29, 1.82) is 0 Å². The van der Waals surface area contributed by atoms with Gasteiger partial charge in [-0.2, -0.15) is 5.10 Å². The number of carboxylic acid groups (broad SMARTS) is 1. The minimum atomic E-state index is -1.08. The number of ether oxygens (including phenoxy) is 2. The number of aromatic carboxylic acids is 1. The number of aromatic nitrogens is 2. The fraction of sp³-hybridized carbons (Fsp3) is 0.333. The molecule has 0 unspecified atom stereocenters. The largest absolute Gasteiger partial charge is 0.493 e. The second-order valence-electron chi connectivity index (χ2n) is 5.15. The van der Waals surface area contributed by atoms with E-state index < -0.39 is 5.97 Å². The zero-order chi connectivity index (χ0) is 15.9. The van der Waals surface area contributed by atoms with Crippen LogP contribution < -0.4 is 9.47 Å². The quantitative estimate of drug-likeness (QED) is 0.916. The van der Waals surface area contributed by atoms with E-state index >= 15 is 0 Å². The molecule has 1 N–H and O–H groups in total. The lowest BCUT2D eigenvalue weighted by molar-refractivity contribution is 0.0689. The van der Waals surface area contributed by atoms with Gasteiger partial charge in [-0.1, -0.05) is 11.6 Å². The Balaban J connectivity index is 2.04. The molecule has 116 valence electrons. The maximum atomic E-state index is 11.0. The van der Waals surface area contributed by atoms with Crippen molar-refractivity contribution < 1.29 is 19.4 Å². The predicted molar refractivity (Wildman–Crippen MR) is 80.8 cm³/mol. The summed E-state index contributed by atoms with van der Waals surface area (Å²) in [5.41, 5.74) is 1.33. The third-order valence-corrected chi connectivity index (χ3v) is 3.71. The Labute approximate surface area is 132 Å². The molecule has 7 heteroatoms. The second-order valence-corrected chi connectivity index (χ2v) is 5.56. The Hall–Kier alpha value is -2.21. The maximum Gasteiger partial charge on any atom is 0.356 e. The molecule has 1 saturated carbocycles. The van der Waals surface area contributed by atoms with E-state index in [0.717, 1.165) is 12.8 Å². The molecule has 0 saturated heterocycles. The Kier molecular flexibility index (Phi) is 3.70. The third-order valence-electron chi connectivity index (χ3n) is 3.43. The summed E-state index contributed by atoms with van der Waals surface area (Å²) in [5, 5.41) is 13.4. The van der Waals surface area contributed by atoms with Crippen molar-refractivity contribution >= 4 is 17.6 Å². The highest BCUT2D eigenvalue weighted by atomic mass is 35.5. The summed E-state index contributed by atoms with van der Waals surface area (Å²) >= 11 is 6.31. The highest BCUT2D eigenvalue weighted by Crippen LogP contribution is 2.42. The van der Waals surface area contributed by atoms with Gasteiger partial charge < -0.3 is 14.6 Å². The van der Waals surface area contributed by atoms with Crippen molar-refractivity contribution in [3.63, 3.8) is 0 Å². The van der Waals surface area contributed by atoms with Crippen molar-refractivity contribution in [2.24, 2.45) is 7.05 Å². The second kappa shape index (κ2) is 5.53. The monoisotopic (exact) mass is 322 g/mol. The summed E-state index contributed by atoms with van der Waals surface area (Å²) in [6, 6.07) is 4.99. The Morgan fingerprint density at radius 2 is 2.14 bits per heavy atom. The smallest absolute Gasteiger partial charge is 0.356 e. The van der Waals surface area contributed by atoms with Crippen LogP contribution in [-0.2, 0) is 7.05 Å². The lowest BCUT2D eigenvalue weighted by atomic mass is 10.1. The molecule has 1 aromatic heterocycles. The van der Waals surface area contributed by atoms with Crippen LogP contribution >= 0.6 is 11.6 Å². The molecule has 1 aliphatic carbocycles. The molecule has 0 bridgehead atoms. The summed E-state index contributed by atoms with van der Waals surface area (Å²) < 4.78 is 12.6. The topological polar surface area (TPSA) is 73.6 Å². The molecule has 0 spiro atoms. The number of halogens is 1. The normalized spacial score (nSPS) is 14.0. The average Bonchev–Trinajstić information content (AvgIpc) is 3.21. The van der Waals surface area contributed by atoms with Gasteiger partial charge in [0.05, 0.1) is 23.9 Å². The number of carbonyl (C=O) groups is 1. The summed E-state index contributed by atoms with van der Waals surface area (Å²) in [5.74, 6) is -0.0304. The zero-order valence-electron chi connectivity index (χ0n) is 12.2. The van der Waals surface area contributed by atoms with Crippen LogP contribution in [0.25, 0.3) is 11.3 Å². The first kappa shape index (κ1) is 14.7. The van der Waals surface area contributed by atoms with Crippen LogP contribution in [0.2, 0.25) is 5.02 Å². The van der Waals surface area contributed by atoms with Gasteiger partial charge in [0.1, 0.15) is 0 Å². The first-order valence-corrected chi connectivity index (χ1v) is 7.19. The van der Waals surface area contributed by atoms with Gasteiger partial charge in [0.2, 0.25) is 0 Å². The van der Waals surface area contributed by atoms with E-state index in [2.05, 4.69) is 5.10 Å². The van der Waals surface area contributed by atoms with Gasteiger partial charge in [0.15, 0.2) is 17.2 Å². The van der Waals surface area contributed by atoms with Crippen molar-refractivity contribution in [1.82, 2.24) is 9.78 Å². The summed E-state index contributed by atoms with van der Waals surface area (Å²) in [6.07, 6.45) is 2.24. The van der Waals surface area contributed by atoms with Gasteiger partial charge in [-0.3, -0.25) is 4.68 Å². The van der Waals surface area contributed by atoms with Crippen LogP contribution in [0.3, 0.4) is 0 Å². The van der Waals surface area contributed by atoms with E-state index in [4.69, 9.17) is 26.2 Å². The molecule has 0 amide bonds. The lowest BCUT2D eigenvalue weighted by Gasteiger charge is -2.14. The number of aryl methyl sites for hydroxylation is 1. The SMILES string of the molecule is COc1cc(-c2cc(C(=O)O)nn2C)cc(Cl)c1OC1CC1. The molecule has 0 aliphatic heterocycles. The fourth-order valence-corrected chi connectivity index (χ4v) is 2.43. The highest BCUT2D eigenvalue weighted by Gasteiger charge is 2.27. The molecule has 2 aromatic rings. The molecule has 1 heterocycles. The highest BCUT2D eigenvalue weighted by molar-refractivity contribution is 6.32. The zero-order valence-corrected chi connectivity index (χ0v) is 12.9. The number of benzene rings is 1. The van der Waals surface area contributed by atoms with Crippen LogP contribution in [0.5, 0.6) is 11.5 Å². The molecule has 1 fully saturated rings. The maximum absolute atomic E-state index is 11.0. The van der Waals surface area contributed by atoms with Crippen molar-refractivity contribution in [2.75, 3.05) is 7.11 Å². The Morgan fingerprint density at radius 3 is 2.68 bits per heavy atom. The number of rotatable bonds is 5. The van der Waals surface area contributed by atoms with E-state index in [9.17, 15) is 4.79 Å². The van der Waals surface area contributed by atoms with Crippen LogP contribution in [0.1, 0.15) is 23.3 Å². The molecular weight excluding hydrogens is 308 g/mol. The van der Waals surface area contributed by atoms with Crippen LogP contribution in [0.4, 0.5) is 0 Å². The first-order chi connectivity index (χ1) is 10.5. The van der Waals surface area contributed by atoms with E-state index in [1.807, 2.05) is 0 Å². The molecule has 1 aromatic carbocycles. The van der Waals surface area contributed by atoms with Gasteiger partial charge in [-0.25, -0.2) is 4.79 Å². The number of hydrogen-bond donors (Lipinski definition) is 1. The summed E-state index contributed by atoms with van der Waals surface area (Å²) in [7, 11) is 3.22. The van der Waals surface area contributed by atoms with E-state index in [-0.39, 0.29) is 11.8 Å². The minimum absolute atomic E-state index is 0.0223. The molecule has 22 heavy (non-hydrogen) atoms. The van der Waals surface area contributed by atoms with Gasteiger partial charge in [0, 0.05) is 12.6 Å². The lowest BCUT2D eigenvalue weighted by Crippen LogP contribution is -2.01. The average molecular weight is 323 g/mol. The molecule has 0 radical (unpaired) electrons. The molecule has 1 aliphatic rings. The standard InChI is InChI=1S/C15H15ClN2O4/c1-18-12(7-11(17-18)15(19)20)8-5-10(16)14(13(6-8)21-2)22-9-3-4-9/h5-7,9H,3-4H2,1-2H3,(H,19,20). The van der Waals surface area contributed by atoms with Gasteiger partial charge >= 0.3 is 5.97 Å². The number of methoxy groups -OCH3 is 1. The predicted octanol–water partition coefficient (Wildman–Crippen LogP) is 2.99. The molecule has 3 rings (SSSR count). The van der Waals surface area contributed by atoms with Gasteiger partial charge in [0.25, 0.3) is 0 Å². The Bertz CT molecular complexity index is 737. The van der Waals surface area contributed by atoms with Crippen molar-refractivity contribution in [2.45, 2.75) is 18.9 Å². The summed E-state index contributed by atoms with van der Waals surface area (Å²) in [6.45, 7) is 0. The number of hydrogen-bond acceptors (Lipinski definition) is 4. The molecule has 0 atom stereocenters. The van der Waals surface area contributed by atoms with Crippen molar-refractivity contribution in [3.05, 3.63) is 28.9 Å². The van der Waals surface area contributed by atoms with E-state index in [1.165, 1.54) is 10.7 Å². The molecule has 6 nitrogen and oxygen atoms in total. The summed E-state index contributed by atoms with van der Waals surface area (Å²) in [4.78, 5) is 11.0. The number of nitrogens with zero attached hydrogens (tertiary/aromatic N) is 2. The third kappa shape index (κ3) is 2.74. The van der Waals surface area contributed by atoms with E-state index in [0.29, 0.717) is 27.8 Å².